The van der Waals surface area contributed by atoms with E-state index in [4.69, 9.17) is 26.0 Å². The molecule has 1 amide bonds. The molecule has 0 bridgehead atoms. The zero-order valence-electron chi connectivity index (χ0n) is 26.6. The van der Waals surface area contributed by atoms with Crippen LogP contribution in [0.2, 0.25) is 0 Å². The molecule has 45 heavy (non-hydrogen) atoms. The Kier molecular flexibility index (Phi) is 9.47. The predicted octanol–water partition coefficient (Wildman–Crippen LogP) is 4.83. The normalized spacial score (nSPS) is 20.2. The lowest BCUT2D eigenvalue weighted by atomic mass is 10.0. The molecule has 0 radical (unpaired) electrons. The number of piperazine rings is 1. The molecule has 3 aliphatic heterocycles. The van der Waals surface area contributed by atoms with Gasteiger partial charge < -0.3 is 24.1 Å². The number of rotatable bonds is 9. The van der Waals surface area contributed by atoms with Gasteiger partial charge in [0.2, 0.25) is 6.54 Å². The number of fused-ring (bicyclic) bond motifs is 1. The van der Waals surface area contributed by atoms with Crippen molar-refractivity contribution in [2.75, 3.05) is 51.3 Å². The van der Waals surface area contributed by atoms with Gasteiger partial charge in [-0.3, -0.25) is 9.80 Å². The van der Waals surface area contributed by atoms with Crippen LogP contribution in [-0.4, -0.2) is 89.2 Å². The molecule has 2 fully saturated rings. The molecule has 6 rings (SSSR count). The highest BCUT2D eigenvalue weighted by Crippen LogP contribution is 2.34. The first kappa shape index (κ1) is 30.8. The predicted molar refractivity (Wildman–Crippen MR) is 173 cm³/mol. The molecule has 0 aliphatic carbocycles. The topological polar surface area (TPSA) is 78.6 Å². The number of ether oxygens (including phenoxy) is 2. The average molecular weight is 610 g/mol. The number of hydrogen-bond acceptors (Lipinski definition) is 8. The number of likely N-dealkylation sites (tertiary alicyclic amines) is 1. The van der Waals surface area contributed by atoms with Crippen molar-refractivity contribution in [2.45, 2.75) is 65.0 Å². The molecule has 0 spiro atoms. The van der Waals surface area contributed by atoms with Crippen molar-refractivity contribution in [1.82, 2.24) is 24.7 Å². The van der Waals surface area contributed by atoms with Crippen molar-refractivity contribution in [2.24, 2.45) is 0 Å². The Morgan fingerprint density at radius 3 is 2.64 bits per heavy atom. The zero-order chi connectivity index (χ0) is 31.3. The smallest absolute Gasteiger partial charge is 0.410 e. The lowest BCUT2D eigenvalue weighted by Crippen LogP contribution is -2.56. The van der Waals surface area contributed by atoms with E-state index in [2.05, 4.69) is 58.6 Å². The fourth-order valence-corrected chi connectivity index (χ4v) is 6.65. The van der Waals surface area contributed by atoms with Crippen LogP contribution in [0.1, 0.15) is 46.4 Å². The van der Waals surface area contributed by atoms with Gasteiger partial charge in [0, 0.05) is 50.9 Å². The van der Waals surface area contributed by atoms with Crippen molar-refractivity contribution in [3.63, 3.8) is 0 Å². The number of aryl methyl sites for hydroxylation is 1. The van der Waals surface area contributed by atoms with Crippen molar-refractivity contribution >= 4 is 11.9 Å². The Balaban J connectivity index is 1.21. The molecular formula is C35H43N7O3. The molecule has 0 unspecified atom stereocenters. The molecular weight excluding hydrogens is 566 g/mol. The largest absolute Gasteiger partial charge is 0.462 e. The summed E-state index contributed by atoms with van der Waals surface area (Å²) in [4.78, 5) is 35.5. The van der Waals surface area contributed by atoms with E-state index in [0.717, 1.165) is 55.2 Å². The molecule has 4 heterocycles. The molecule has 10 nitrogen and oxygen atoms in total. The summed E-state index contributed by atoms with van der Waals surface area (Å²) in [6.45, 7) is 17.8. The highest BCUT2D eigenvalue weighted by atomic mass is 16.6. The number of nitrogens with zero attached hydrogens (tertiary/aromatic N) is 7. The standard InChI is InChI=1S/C35H43N7O3/c1-25-10-8-13-28(26(25)2)19-40-21-31-32(22-40)37-34(44-24-29-14-9-15-39(29)4)38-33(31)41-16-17-42(30(20-41)18-36-3)35(43)45-23-27-11-6-5-7-12-27/h5-8,10-13,29-30H,9,14-24H2,1-2,4H3/t29-,30-/m0/s1. The molecule has 10 heteroatoms. The number of carbonyl (C=O) groups excluding carboxylic acids is 1. The summed E-state index contributed by atoms with van der Waals surface area (Å²) in [5.41, 5.74) is 6.96. The van der Waals surface area contributed by atoms with Gasteiger partial charge in [-0.2, -0.15) is 9.97 Å². The summed E-state index contributed by atoms with van der Waals surface area (Å²) in [5, 5.41) is 0. The van der Waals surface area contributed by atoms with E-state index in [0.29, 0.717) is 38.3 Å². The maximum atomic E-state index is 13.2. The molecule has 2 atom stereocenters. The molecule has 3 aromatic rings. The number of likely N-dealkylation sites (N-methyl/N-ethyl adjacent to an activating group) is 1. The van der Waals surface area contributed by atoms with Crippen LogP contribution in [0.25, 0.3) is 4.85 Å². The van der Waals surface area contributed by atoms with E-state index in [9.17, 15) is 4.79 Å². The third-order valence-corrected chi connectivity index (χ3v) is 9.52. The second-order valence-corrected chi connectivity index (χ2v) is 12.5. The van der Waals surface area contributed by atoms with Gasteiger partial charge in [0.15, 0.2) is 0 Å². The van der Waals surface area contributed by atoms with Crippen molar-refractivity contribution in [1.29, 1.82) is 0 Å². The van der Waals surface area contributed by atoms with Gasteiger partial charge in [0.05, 0.1) is 5.69 Å². The van der Waals surface area contributed by atoms with Crippen LogP contribution in [0.3, 0.4) is 0 Å². The van der Waals surface area contributed by atoms with Gasteiger partial charge in [0.25, 0.3) is 0 Å². The number of aromatic nitrogens is 2. The minimum atomic E-state index is -0.385. The van der Waals surface area contributed by atoms with Gasteiger partial charge in [-0.15, -0.1) is 0 Å². The molecule has 0 N–H and O–H groups in total. The lowest BCUT2D eigenvalue weighted by Gasteiger charge is -2.39. The number of hydrogen-bond donors (Lipinski definition) is 0. The van der Waals surface area contributed by atoms with Crippen LogP contribution >= 0.6 is 0 Å². The molecule has 2 saturated heterocycles. The van der Waals surface area contributed by atoms with Crippen LogP contribution in [-0.2, 0) is 31.0 Å². The fourth-order valence-electron chi connectivity index (χ4n) is 6.65. The summed E-state index contributed by atoms with van der Waals surface area (Å²) in [7, 11) is 2.14. The molecule has 3 aliphatic rings. The van der Waals surface area contributed by atoms with E-state index in [-0.39, 0.29) is 25.3 Å². The number of amides is 1. The minimum Gasteiger partial charge on any atom is -0.462 e. The monoisotopic (exact) mass is 609 g/mol. The fraction of sp³-hybridized carbons (Fsp3) is 0.486. The first-order chi connectivity index (χ1) is 21.9. The van der Waals surface area contributed by atoms with E-state index in [1.54, 1.807) is 4.90 Å². The van der Waals surface area contributed by atoms with E-state index >= 15 is 0 Å². The SMILES string of the molecule is [C-]#[N+]C[C@H]1CN(c2nc(OC[C@@H]3CCCN3C)nc3c2CN(Cc2cccc(C)c2C)C3)CCN1C(=O)OCc1ccccc1. The first-order valence-electron chi connectivity index (χ1n) is 16.0. The Labute approximate surface area is 266 Å². The molecule has 236 valence electrons. The van der Waals surface area contributed by atoms with Crippen molar-refractivity contribution in [3.8, 4) is 6.01 Å². The number of anilines is 1. The molecule has 0 saturated carbocycles. The zero-order valence-corrected chi connectivity index (χ0v) is 26.6. The Morgan fingerprint density at radius 1 is 1.02 bits per heavy atom. The molecule has 1 aromatic heterocycles. The maximum absolute atomic E-state index is 13.2. The van der Waals surface area contributed by atoms with Crippen LogP contribution in [0.5, 0.6) is 6.01 Å². The lowest BCUT2D eigenvalue weighted by molar-refractivity contribution is 0.0788. The number of benzene rings is 2. The van der Waals surface area contributed by atoms with Gasteiger partial charge in [-0.05, 0) is 62.5 Å². The Morgan fingerprint density at radius 2 is 1.87 bits per heavy atom. The van der Waals surface area contributed by atoms with E-state index < -0.39 is 0 Å². The minimum absolute atomic E-state index is 0.195. The van der Waals surface area contributed by atoms with Crippen LogP contribution < -0.4 is 9.64 Å². The van der Waals surface area contributed by atoms with E-state index in [1.807, 2.05) is 30.3 Å². The second-order valence-electron chi connectivity index (χ2n) is 12.5. The highest BCUT2D eigenvalue weighted by Gasteiger charge is 2.37. The highest BCUT2D eigenvalue weighted by molar-refractivity contribution is 5.69. The van der Waals surface area contributed by atoms with Crippen LogP contribution in [0.4, 0.5) is 10.6 Å². The summed E-state index contributed by atoms with van der Waals surface area (Å²) in [5.74, 6) is 0.852. The summed E-state index contributed by atoms with van der Waals surface area (Å²) in [6, 6.07) is 16.6. The number of carbonyl (C=O) groups is 1. The quantitative estimate of drug-likeness (QED) is 0.320. The third-order valence-electron chi connectivity index (χ3n) is 9.52. The Bertz CT molecular complexity index is 1540. The summed E-state index contributed by atoms with van der Waals surface area (Å²) < 4.78 is 11.9. The Hall–Kier alpha value is -4.20. The van der Waals surface area contributed by atoms with Crippen molar-refractivity contribution < 1.29 is 14.3 Å². The maximum Gasteiger partial charge on any atom is 0.410 e. The molecule has 2 aromatic carbocycles. The van der Waals surface area contributed by atoms with Crippen molar-refractivity contribution in [3.05, 3.63) is 93.5 Å². The third kappa shape index (κ3) is 7.05. The van der Waals surface area contributed by atoms with Gasteiger partial charge in [-0.25, -0.2) is 11.4 Å². The van der Waals surface area contributed by atoms with Gasteiger partial charge >= 0.3 is 12.1 Å². The van der Waals surface area contributed by atoms with Crippen LogP contribution in [0, 0.1) is 20.4 Å². The van der Waals surface area contributed by atoms with Crippen LogP contribution in [0.15, 0.2) is 48.5 Å². The van der Waals surface area contributed by atoms with Gasteiger partial charge in [-0.1, -0.05) is 48.5 Å². The second kappa shape index (κ2) is 13.8. The first-order valence-corrected chi connectivity index (χ1v) is 16.0. The van der Waals surface area contributed by atoms with E-state index in [1.165, 1.54) is 23.1 Å². The average Bonchev–Trinajstić information content (AvgIpc) is 3.66. The summed E-state index contributed by atoms with van der Waals surface area (Å²) >= 11 is 0. The summed E-state index contributed by atoms with van der Waals surface area (Å²) in [6.07, 6.45) is 1.90. The van der Waals surface area contributed by atoms with Gasteiger partial charge in [0.1, 0.15) is 25.1 Å².